The fourth-order valence-corrected chi connectivity index (χ4v) is 2.33. The Morgan fingerprint density at radius 2 is 1.95 bits per heavy atom. The maximum atomic E-state index is 5.56. The highest BCUT2D eigenvalue weighted by molar-refractivity contribution is 5.26. The van der Waals surface area contributed by atoms with Crippen molar-refractivity contribution in [3.05, 3.63) is 35.4 Å². The SMILES string of the molecule is CNC(CCOCCOC)c1cccc(CC(C)C)c1. The normalized spacial score (nSPS) is 12.8. The molecule has 1 N–H and O–H groups in total. The molecule has 114 valence electrons. The molecule has 0 bridgehead atoms. The Kier molecular flexibility index (Phi) is 8.51. The quantitative estimate of drug-likeness (QED) is 0.667. The second kappa shape index (κ2) is 9.92. The molecule has 0 fully saturated rings. The summed E-state index contributed by atoms with van der Waals surface area (Å²) < 4.78 is 10.5. The Bertz CT molecular complexity index is 366. The molecular weight excluding hydrogens is 250 g/mol. The van der Waals surface area contributed by atoms with Crippen LogP contribution in [0.15, 0.2) is 24.3 Å². The van der Waals surface area contributed by atoms with Gasteiger partial charge in [-0.1, -0.05) is 38.1 Å². The number of hydrogen-bond acceptors (Lipinski definition) is 3. The number of hydrogen-bond donors (Lipinski definition) is 1. The van der Waals surface area contributed by atoms with Crippen LogP contribution in [-0.4, -0.2) is 34.0 Å². The summed E-state index contributed by atoms with van der Waals surface area (Å²) >= 11 is 0. The van der Waals surface area contributed by atoms with Crippen LogP contribution in [0.3, 0.4) is 0 Å². The first-order chi connectivity index (χ1) is 9.67. The van der Waals surface area contributed by atoms with Gasteiger partial charge in [0.2, 0.25) is 0 Å². The zero-order chi connectivity index (χ0) is 14.8. The van der Waals surface area contributed by atoms with Crippen LogP contribution >= 0.6 is 0 Å². The van der Waals surface area contributed by atoms with Gasteiger partial charge in [0, 0.05) is 19.8 Å². The first-order valence-corrected chi connectivity index (χ1v) is 7.50. The highest BCUT2D eigenvalue weighted by Gasteiger charge is 2.10. The van der Waals surface area contributed by atoms with E-state index >= 15 is 0 Å². The molecule has 1 aromatic rings. The second-order valence-corrected chi connectivity index (χ2v) is 5.58. The summed E-state index contributed by atoms with van der Waals surface area (Å²) in [6.07, 6.45) is 2.11. The van der Waals surface area contributed by atoms with Gasteiger partial charge in [0.25, 0.3) is 0 Å². The van der Waals surface area contributed by atoms with Gasteiger partial charge in [-0.3, -0.25) is 0 Å². The first-order valence-electron chi connectivity index (χ1n) is 7.50. The van der Waals surface area contributed by atoms with E-state index in [1.54, 1.807) is 7.11 Å². The van der Waals surface area contributed by atoms with E-state index < -0.39 is 0 Å². The molecule has 0 saturated carbocycles. The number of methoxy groups -OCH3 is 1. The average molecular weight is 279 g/mol. The van der Waals surface area contributed by atoms with Crippen LogP contribution < -0.4 is 5.32 Å². The summed E-state index contributed by atoms with van der Waals surface area (Å²) in [7, 11) is 3.70. The molecule has 0 aromatic heterocycles. The Morgan fingerprint density at radius 1 is 1.15 bits per heavy atom. The average Bonchev–Trinajstić information content (AvgIpc) is 2.42. The zero-order valence-corrected chi connectivity index (χ0v) is 13.3. The van der Waals surface area contributed by atoms with Crippen molar-refractivity contribution in [2.24, 2.45) is 5.92 Å². The molecule has 0 saturated heterocycles. The van der Waals surface area contributed by atoms with Gasteiger partial charge in [0.15, 0.2) is 0 Å². The predicted molar refractivity (Wildman–Crippen MR) is 84.1 cm³/mol. The van der Waals surface area contributed by atoms with Gasteiger partial charge in [-0.25, -0.2) is 0 Å². The summed E-state index contributed by atoms with van der Waals surface area (Å²) in [5.41, 5.74) is 2.76. The van der Waals surface area contributed by atoms with Gasteiger partial charge >= 0.3 is 0 Å². The molecular formula is C17H29NO2. The highest BCUT2D eigenvalue weighted by Crippen LogP contribution is 2.19. The number of rotatable bonds is 10. The first kappa shape index (κ1) is 17.2. The number of ether oxygens (including phenoxy) is 2. The third-order valence-electron chi connectivity index (χ3n) is 3.33. The third kappa shape index (κ3) is 6.51. The molecule has 1 unspecified atom stereocenters. The van der Waals surface area contributed by atoms with Crippen LogP contribution in [0.25, 0.3) is 0 Å². The topological polar surface area (TPSA) is 30.5 Å². The van der Waals surface area contributed by atoms with E-state index in [-0.39, 0.29) is 0 Å². The monoisotopic (exact) mass is 279 g/mol. The number of benzene rings is 1. The molecule has 1 aromatic carbocycles. The van der Waals surface area contributed by atoms with Crippen LogP contribution in [0.5, 0.6) is 0 Å². The molecule has 1 rings (SSSR count). The minimum Gasteiger partial charge on any atom is -0.382 e. The maximum absolute atomic E-state index is 5.56. The van der Waals surface area contributed by atoms with Gasteiger partial charge in [0.05, 0.1) is 13.2 Å². The summed E-state index contributed by atoms with van der Waals surface area (Å²) in [5, 5.41) is 3.38. The van der Waals surface area contributed by atoms with Gasteiger partial charge in [-0.05, 0) is 36.9 Å². The lowest BCUT2D eigenvalue weighted by Gasteiger charge is -2.18. The van der Waals surface area contributed by atoms with Crippen LogP contribution in [-0.2, 0) is 15.9 Å². The van der Waals surface area contributed by atoms with Gasteiger partial charge < -0.3 is 14.8 Å². The summed E-state index contributed by atoms with van der Waals surface area (Å²) in [4.78, 5) is 0. The van der Waals surface area contributed by atoms with E-state index in [9.17, 15) is 0 Å². The standard InChI is InChI=1S/C17H29NO2/c1-14(2)12-15-6-5-7-16(13-15)17(18-3)8-9-20-11-10-19-4/h5-7,13-14,17-18H,8-12H2,1-4H3. The molecule has 0 heterocycles. The molecule has 0 aliphatic carbocycles. The highest BCUT2D eigenvalue weighted by atomic mass is 16.5. The van der Waals surface area contributed by atoms with Gasteiger partial charge in [0.1, 0.15) is 0 Å². The van der Waals surface area contributed by atoms with E-state index in [1.165, 1.54) is 11.1 Å². The Hall–Kier alpha value is -0.900. The number of nitrogens with one attached hydrogen (secondary N) is 1. The minimum absolute atomic E-state index is 0.352. The van der Waals surface area contributed by atoms with Crippen molar-refractivity contribution in [2.45, 2.75) is 32.7 Å². The molecule has 0 aliphatic rings. The lowest BCUT2D eigenvalue weighted by atomic mass is 9.97. The van der Waals surface area contributed by atoms with E-state index in [1.807, 2.05) is 7.05 Å². The van der Waals surface area contributed by atoms with Crippen LogP contribution in [0, 0.1) is 5.92 Å². The summed E-state index contributed by atoms with van der Waals surface area (Å²) in [5.74, 6) is 0.690. The van der Waals surface area contributed by atoms with E-state index in [0.717, 1.165) is 19.4 Å². The lowest BCUT2D eigenvalue weighted by molar-refractivity contribution is 0.0661. The summed E-state index contributed by atoms with van der Waals surface area (Å²) in [6.45, 7) is 6.59. The van der Waals surface area contributed by atoms with Crippen molar-refractivity contribution in [3.63, 3.8) is 0 Å². The Morgan fingerprint density at radius 3 is 2.60 bits per heavy atom. The van der Waals surface area contributed by atoms with Crippen molar-refractivity contribution in [2.75, 3.05) is 34.0 Å². The van der Waals surface area contributed by atoms with Gasteiger partial charge in [-0.2, -0.15) is 0 Å². The fraction of sp³-hybridized carbons (Fsp3) is 0.647. The van der Waals surface area contributed by atoms with Crippen molar-refractivity contribution in [1.82, 2.24) is 5.32 Å². The molecule has 3 nitrogen and oxygen atoms in total. The summed E-state index contributed by atoms with van der Waals surface area (Å²) in [6, 6.07) is 9.23. The molecule has 0 aliphatic heterocycles. The van der Waals surface area contributed by atoms with Gasteiger partial charge in [-0.15, -0.1) is 0 Å². The van der Waals surface area contributed by atoms with Crippen LogP contribution in [0.2, 0.25) is 0 Å². The Labute approximate surface area is 123 Å². The molecule has 3 heteroatoms. The lowest BCUT2D eigenvalue weighted by Crippen LogP contribution is -2.19. The van der Waals surface area contributed by atoms with Crippen molar-refractivity contribution in [1.29, 1.82) is 0 Å². The third-order valence-corrected chi connectivity index (χ3v) is 3.33. The molecule has 0 amide bonds. The molecule has 20 heavy (non-hydrogen) atoms. The van der Waals surface area contributed by atoms with E-state index in [4.69, 9.17) is 9.47 Å². The molecule has 0 radical (unpaired) electrons. The van der Waals surface area contributed by atoms with Crippen molar-refractivity contribution in [3.8, 4) is 0 Å². The van der Waals surface area contributed by atoms with Crippen molar-refractivity contribution < 1.29 is 9.47 Å². The van der Waals surface area contributed by atoms with E-state index in [0.29, 0.717) is 25.2 Å². The minimum atomic E-state index is 0.352. The molecule has 1 atom stereocenters. The zero-order valence-electron chi connectivity index (χ0n) is 13.3. The predicted octanol–water partition coefficient (Wildman–Crippen LogP) is 3.20. The fourth-order valence-electron chi connectivity index (χ4n) is 2.33. The second-order valence-electron chi connectivity index (χ2n) is 5.58. The van der Waals surface area contributed by atoms with Crippen LogP contribution in [0.4, 0.5) is 0 Å². The smallest absolute Gasteiger partial charge is 0.0700 e. The van der Waals surface area contributed by atoms with E-state index in [2.05, 4.69) is 43.4 Å². The maximum Gasteiger partial charge on any atom is 0.0700 e. The van der Waals surface area contributed by atoms with Crippen LogP contribution in [0.1, 0.15) is 37.4 Å². The van der Waals surface area contributed by atoms with Crippen molar-refractivity contribution >= 4 is 0 Å². The Balaban J connectivity index is 2.51. The largest absolute Gasteiger partial charge is 0.382 e. The molecule has 0 spiro atoms.